The van der Waals surface area contributed by atoms with Crippen LogP contribution in [0.25, 0.3) is 0 Å². The number of amides is 2. The van der Waals surface area contributed by atoms with E-state index in [2.05, 4.69) is 11.4 Å². The molecule has 24 heavy (non-hydrogen) atoms. The van der Waals surface area contributed by atoms with Crippen molar-refractivity contribution in [3.8, 4) is 0 Å². The van der Waals surface area contributed by atoms with E-state index < -0.39 is 0 Å². The van der Waals surface area contributed by atoms with Crippen molar-refractivity contribution in [3.05, 3.63) is 21.9 Å². The summed E-state index contributed by atoms with van der Waals surface area (Å²) in [6.45, 7) is 1.39. The number of fused-ring (bicyclic) bond motifs is 1. The molecule has 5 nitrogen and oxygen atoms in total. The van der Waals surface area contributed by atoms with E-state index >= 15 is 0 Å². The largest absolute Gasteiger partial charge is 0.366 e. The molecule has 3 aliphatic rings. The Balaban J connectivity index is 1.42. The molecule has 0 unspecified atom stereocenters. The maximum Gasteiger partial charge on any atom is 0.254 e. The lowest BCUT2D eigenvalue weighted by atomic mass is 9.88. The first-order valence-corrected chi connectivity index (χ1v) is 9.87. The number of morpholine rings is 1. The highest BCUT2D eigenvalue weighted by molar-refractivity contribution is 7.10. The van der Waals surface area contributed by atoms with Crippen molar-refractivity contribution in [1.29, 1.82) is 0 Å². The van der Waals surface area contributed by atoms with Gasteiger partial charge in [-0.25, -0.2) is 0 Å². The first-order valence-electron chi connectivity index (χ1n) is 8.99. The van der Waals surface area contributed by atoms with Gasteiger partial charge in [0.05, 0.1) is 17.7 Å². The van der Waals surface area contributed by atoms with Gasteiger partial charge in [0.25, 0.3) is 5.91 Å². The number of thiophene rings is 1. The Morgan fingerprint density at radius 3 is 2.92 bits per heavy atom. The number of nitrogens with one attached hydrogen (secondary N) is 1. The fourth-order valence-corrected chi connectivity index (χ4v) is 5.19. The molecule has 0 spiro atoms. The molecule has 130 valence electrons. The van der Waals surface area contributed by atoms with Crippen molar-refractivity contribution >= 4 is 23.2 Å². The van der Waals surface area contributed by atoms with Crippen LogP contribution in [-0.2, 0) is 9.53 Å². The second-order valence-electron chi connectivity index (χ2n) is 7.14. The molecule has 1 N–H and O–H groups in total. The molecule has 0 radical (unpaired) electrons. The van der Waals surface area contributed by atoms with Gasteiger partial charge in [-0.1, -0.05) is 19.3 Å². The Morgan fingerprint density at radius 1 is 1.25 bits per heavy atom. The molecule has 6 heteroatoms. The summed E-state index contributed by atoms with van der Waals surface area (Å²) < 4.78 is 5.56. The standard InChI is InChI=1S/C18H24N2O3S/c21-17-10-23-15-6-7-20(9-14(15)19-17)18(22)13-8-16(24-11-13)12-4-2-1-3-5-12/h8,11-12,14-15H,1-7,9-10H2,(H,19,21)/t14-,15-/m0/s1. The topological polar surface area (TPSA) is 58.6 Å². The normalized spacial score (nSPS) is 28.3. The molecule has 0 aromatic carbocycles. The third kappa shape index (κ3) is 3.22. The number of hydrogen-bond donors (Lipinski definition) is 1. The number of likely N-dealkylation sites (tertiary alicyclic amines) is 1. The summed E-state index contributed by atoms with van der Waals surface area (Å²) in [5.41, 5.74) is 0.807. The van der Waals surface area contributed by atoms with E-state index in [-0.39, 0.29) is 30.6 Å². The summed E-state index contributed by atoms with van der Waals surface area (Å²) in [5.74, 6) is 0.648. The Labute approximate surface area is 146 Å². The van der Waals surface area contributed by atoms with Crippen molar-refractivity contribution in [3.63, 3.8) is 0 Å². The molecule has 3 heterocycles. The van der Waals surface area contributed by atoms with Crippen molar-refractivity contribution in [2.75, 3.05) is 19.7 Å². The number of nitrogens with zero attached hydrogens (tertiary/aromatic N) is 1. The molecular formula is C18H24N2O3S. The minimum atomic E-state index is -0.0827. The van der Waals surface area contributed by atoms with Crippen molar-refractivity contribution < 1.29 is 14.3 Å². The van der Waals surface area contributed by atoms with Crippen LogP contribution in [0.4, 0.5) is 0 Å². The zero-order valence-electron chi connectivity index (χ0n) is 13.8. The Kier molecular flexibility index (Phi) is 4.59. The highest BCUT2D eigenvalue weighted by atomic mass is 32.1. The number of rotatable bonds is 2. The molecule has 2 atom stereocenters. The molecule has 1 saturated carbocycles. The van der Waals surface area contributed by atoms with Gasteiger partial charge in [0, 0.05) is 23.3 Å². The van der Waals surface area contributed by atoms with E-state index in [0.717, 1.165) is 12.0 Å². The van der Waals surface area contributed by atoms with Crippen molar-refractivity contribution in [2.45, 2.75) is 56.6 Å². The van der Waals surface area contributed by atoms with Gasteiger partial charge < -0.3 is 15.0 Å². The average molecular weight is 348 g/mol. The SMILES string of the molecule is O=C1CO[C@H]2CCN(C(=O)c3csc(C4CCCCC4)c3)C[C@@H]2N1. The number of ether oxygens (including phenoxy) is 1. The monoisotopic (exact) mass is 348 g/mol. The van der Waals surface area contributed by atoms with Crippen LogP contribution >= 0.6 is 11.3 Å². The average Bonchev–Trinajstić information content (AvgIpc) is 3.11. The predicted molar refractivity (Wildman–Crippen MR) is 92.3 cm³/mol. The van der Waals surface area contributed by atoms with Crippen LogP contribution in [-0.4, -0.2) is 48.6 Å². The van der Waals surface area contributed by atoms with Crippen LogP contribution < -0.4 is 5.32 Å². The maximum atomic E-state index is 12.8. The highest BCUT2D eigenvalue weighted by Crippen LogP contribution is 2.36. The van der Waals surface area contributed by atoms with Crippen molar-refractivity contribution in [1.82, 2.24) is 10.2 Å². The Morgan fingerprint density at radius 2 is 2.08 bits per heavy atom. The van der Waals surface area contributed by atoms with Gasteiger partial charge in [0.1, 0.15) is 6.61 Å². The van der Waals surface area contributed by atoms with Crippen LogP contribution in [0.3, 0.4) is 0 Å². The number of carbonyl (C=O) groups is 2. The van der Waals surface area contributed by atoms with Gasteiger partial charge in [0.2, 0.25) is 5.91 Å². The van der Waals surface area contributed by atoms with Crippen LogP contribution in [0.5, 0.6) is 0 Å². The molecule has 2 amide bonds. The first kappa shape index (κ1) is 16.1. The molecule has 1 aliphatic carbocycles. The van der Waals surface area contributed by atoms with Gasteiger partial charge in [-0.15, -0.1) is 11.3 Å². The van der Waals surface area contributed by atoms with Crippen LogP contribution in [0.1, 0.15) is 59.7 Å². The van der Waals surface area contributed by atoms with Crippen LogP contribution in [0, 0.1) is 0 Å². The summed E-state index contributed by atoms with van der Waals surface area (Å²) in [7, 11) is 0. The third-order valence-electron chi connectivity index (χ3n) is 5.49. The van der Waals surface area contributed by atoms with Gasteiger partial charge in [-0.3, -0.25) is 9.59 Å². The van der Waals surface area contributed by atoms with E-state index in [0.29, 0.717) is 19.0 Å². The zero-order chi connectivity index (χ0) is 16.5. The number of carbonyl (C=O) groups excluding carboxylic acids is 2. The first-order chi connectivity index (χ1) is 11.7. The van der Waals surface area contributed by atoms with Gasteiger partial charge >= 0.3 is 0 Å². The van der Waals surface area contributed by atoms with Gasteiger partial charge in [-0.05, 0) is 31.2 Å². The lowest BCUT2D eigenvalue weighted by molar-refractivity contribution is -0.139. The van der Waals surface area contributed by atoms with Crippen LogP contribution in [0.15, 0.2) is 11.4 Å². The Hall–Kier alpha value is -1.40. The second kappa shape index (κ2) is 6.84. The smallest absolute Gasteiger partial charge is 0.254 e. The van der Waals surface area contributed by atoms with E-state index in [1.807, 2.05) is 10.3 Å². The summed E-state index contributed by atoms with van der Waals surface area (Å²) in [6.07, 6.45) is 7.30. The van der Waals surface area contributed by atoms with E-state index in [1.165, 1.54) is 37.0 Å². The minimum absolute atomic E-state index is 0.0482. The molecule has 1 aromatic rings. The molecule has 2 aliphatic heterocycles. The lowest BCUT2D eigenvalue weighted by Crippen LogP contribution is -2.61. The minimum Gasteiger partial charge on any atom is -0.366 e. The predicted octanol–water partition coefficient (Wildman–Crippen LogP) is 2.53. The molecule has 0 bridgehead atoms. The zero-order valence-corrected chi connectivity index (χ0v) is 14.6. The lowest BCUT2D eigenvalue weighted by Gasteiger charge is -2.41. The highest BCUT2D eigenvalue weighted by Gasteiger charge is 2.36. The molecule has 2 saturated heterocycles. The summed E-state index contributed by atoms with van der Waals surface area (Å²) in [4.78, 5) is 27.6. The quantitative estimate of drug-likeness (QED) is 0.893. The summed E-state index contributed by atoms with van der Waals surface area (Å²) >= 11 is 1.73. The fraction of sp³-hybridized carbons (Fsp3) is 0.667. The van der Waals surface area contributed by atoms with Crippen molar-refractivity contribution in [2.24, 2.45) is 0 Å². The second-order valence-corrected chi connectivity index (χ2v) is 8.08. The molecule has 3 fully saturated rings. The summed E-state index contributed by atoms with van der Waals surface area (Å²) in [5, 5.41) is 4.96. The fourth-order valence-electron chi connectivity index (χ4n) is 4.13. The van der Waals surface area contributed by atoms with E-state index in [4.69, 9.17) is 4.74 Å². The van der Waals surface area contributed by atoms with Crippen LogP contribution in [0.2, 0.25) is 0 Å². The van der Waals surface area contributed by atoms with E-state index in [1.54, 1.807) is 11.3 Å². The van der Waals surface area contributed by atoms with E-state index in [9.17, 15) is 9.59 Å². The molecule has 1 aromatic heterocycles. The van der Waals surface area contributed by atoms with Gasteiger partial charge in [-0.2, -0.15) is 0 Å². The van der Waals surface area contributed by atoms with Gasteiger partial charge in [0.15, 0.2) is 0 Å². The number of hydrogen-bond acceptors (Lipinski definition) is 4. The summed E-state index contributed by atoms with van der Waals surface area (Å²) in [6, 6.07) is 2.03. The molecular weight excluding hydrogens is 324 g/mol. The molecule has 4 rings (SSSR count). The third-order valence-corrected chi connectivity index (χ3v) is 6.58. The maximum absolute atomic E-state index is 12.8. The number of piperidine rings is 1. The Bertz CT molecular complexity index is 624.